The Morgan fingerprint density at radius 1 is 0.642 bits per heavy atom. The van der Waals surface area contributed by atoms with Gasteiger partial charge in [0, 0.05) is 47.2 Å². The summed E-state index contributed by atoms with van der Waals surface area (Å²) in [6.45, 7) is 8.81. The molecule has 5 aromatic rings. The molecule has 36 nitrogen and oxygen atoms in total. The highest BCUT2D eigenvalue weighted by molar-refractivity contribution is 6.32. The number of likely N-dealkylation sites (N-methyl/N-ethyl adjacent to an activating group) is 1. The second-order valence-electron chi connectivity index (χ2n) is 34.2. The van der Waals surface area contributed by atoms with E-state index in [4.69, 9.17) is 66.7 Å². The third-order valence-electron chi connectivity index (χ3n) is 24.6. The molecule has 37 heteroatoms. The summed E-state index contributed by atoms with van der Waals surface area (Å²) >= 11 is 7.21. The lowest BCUT2D eigenvalue weighted by molar-refractivity contribution is -0.333. The zero-order chi connectivity index (χ0) is 86.2. The van der Waals surface area contributed by atoms with Crippen molar-refractivity contribution in [2.45, 2.75) is 239 Å². The lowest BCUT2D eigenvalue weighted by Crippen LogP contribution is -2.64. The second-order valence-corrected chi connectivity index (χ2v) is 34.6. The number of hydrogen-bond donors (Lipinski definition) is 20. The number of phenolic OH excluding ortho intramolecular Hbond substituents is 3. The normalized spacial score (nSPS) is 35.1. The van der Waals surface area contributed by atoms with Crippen LogP contribution in [0, 0.1) is 29.6 Å². The van der Waals surface area contributed by atoms with Crippen molar-refractivity contribution in [3.8, 4) is 57.1 Å². The topological polar surface area (TPSA) is 567 Å². The molecule has 648 valence electrons. The zero-order valence-electron chi connectivity index (χ0n) is 66.8. The maximum atomic E-state index is 16.8. The summed E-state index contributed by atoms with van der Waals surface area (Å²) < 4.78 is 52.5. The number of aliphatic hydroxyl groups is 6. The van der Waals surface area contributed by atoms with Gasteiger partial charge in [-0.1, -0.05) is 55.8 Å². The van der Waals surface area contributed by atoms with Crippen LogP contribution in [0.5, 0.6) is 46.0 Å². The quantitative estimate of drug-likeness (QED) is 0.0666. The lowest BCUT2D eigenvalue weighted by atomic mass is 9.54. The van der Waals surface area contributed by atoms with Crippen LogP contribution in [-0.4, -0.2) is 216 Å². The van der Waals surface area contributed by atoms with Crippen molar-refractivity contribution in [3.05, 3.63) is 118 Å². The molecule has 5 aromatic carbocycles. The maximum Gasteiger partial charge on any atom is 0.248 e. The fourth-order valence-corrected chi connectivity index (χ4v) is 19.0. The fourth-order valence-electron chi connectivity index (χ4n) is 18.7. The zero-order valence-corrected chi connectivity index (χ0v) is 67.6. The Labute approximate surface area is 694 Å². The molecule has 22 unspecified atom stereocenters. The summed E-state index contributed by atoms with van der Waals surface area (Å²) in [5.74, 6) is -13.1. The number of nitrogens with one attached hydrogen (secondary N) is 8. The van der Waals surface area contributed by atoms with Gasteiger partial charge >= 0.3 is 0 Å². The lowest BCUT2D eigenvalue weighted by Gasteiger charge is -2.54. The van der Waals surface area contributed by atoms with Gasteiger partial charge < -0.3 is 144 Å². The number of amides is 8. The molecule has 0 radical (unpaired) electrons. The minimum atomic E-state index is -2.37. The molecule has 0 spiro atoms. The van der Waals surface area contributed by atoms with Gasteiger partial charge in [-0.05, 0) is 179 Å². The SMILES string of the molecule is CNC(CC(C)C)C(=O)NC1C(=O)NC(CC(N)=O)C(=O)NC2C(=O)NC3C(=O)NC(C(=O)NC(C(=O)NC4C5CC6CC(C5)CC4C6)c4cc(O)cc(O)c4-c4c(O)cccc43)C(OC3CC(C)(N)C(O)C(C)O3)c3ccc(cc3)Oc3cc2cc(c3OC2OC(CO)C(O)C(O)C2OC2CC(C)(N)C(O)C(C)O2)Oc2ccc(cc2Cl)C1O. The molecule has 13 bridgehead atoms. The highest BCUT2D eigenvalue weighted by atomic mass is 35.5. The van der Waals surface area contributed by atoms with E-state index in [2.05, 4.69) is 42.5 Å². The maximum absolute atomic E-state index is 16.8. The number of fused-ring (bicyclic) bond motifs is 14. The van der Waals surface area contributed by atoms with Crippen molar-refractivity contribution in [1.29, 1.82) is 0 Å². The van der Waals surface area contributed by atoms with Gasteiger partial charge in [-0.2, -0.15) is 0 Å². The van der Waals surface area contributed by atoms with Crippen molar-refractivity contribution < 1.29 is 122 Å². The Morgan fingerprint density at radius 3 is 1.86 bits per heavy atom. The van der Waals surface area contributed by atoms with Crippen LogP contribution in [0.25, 0.3) is 11.1 Å². The number of aromatic hydroxyl groups is 3. The Balaban J connectivity index is 1.00. The Bertz CT molecular complexity index is 4720. The van der Waals surface area contributed by atoms with Crippen LogP contribution in [0.1, 0.15) is 157 Å². The van der Waals surface area contributed by atoms with Crippen molar-refractivity contribution >= 4 is 58.9 Å². The number of halogens is 1. The molecule has 120 heavy (non-hydrogen) atoms. The number of ether oxygens (including phenoxy) is 8. The Morgan fingerprint density at radius 2 is 1.25 bits per heavy atom. The number of rotatable bonds is 16. The van der Waals surface area contributed by atoms with Gasteiger partial charge in [0.15, 0.2) is 30.2 Å². The molecule has 3 saturated heterocycles. The summed E-state index contributed by atoms with van der Waals surface area (Å²) in [7, 11) is 1.49. The minimum Gasteiger partial charge on any atom is -0.508 e. The standard InChI is InChI=1S/C83H104ClN11O25/c1-32(2)17-47(88-7)74(106)94-64-66(101)38-13-16-51(46(84)23-38)116-53-25-41-24-52(70(53)120-81-71(68(103)67(102)54(31-96)117-81)119-57-30-83(6,87)73(105)34(4)114-57)115-43-14-11-37(12-15-43)69(118-56-29-82(5,86)72(104)33(3)113-56)65-80(112)93-63(78(110)90-60-39-19-35-18-36(21-39)22-40(60)20-35)45-26-42(97)27-50(99)59(45)58-44(9-8-10-49(58)98)62(77(109)95-65)92-76(108)61(41)91-75(107)48(28-55(85)100)89-79(64)111/h8-16,23-27,32-36,39-40,47-48,54,56-57,60-69,71-73,81,88,96-99,101-105H,17-22,28-31,86-87H2,1-7H3,(H2,85,100)(H,89,111)(H,90,110)(H,91,107)(H,92,108)(H,93,112)(H,94,106)(H,95,109). The van der Waals surface area contributed by atoms with Gasteiger partial charge in [0.1, 0.15) is 95.5 Å². The molecule has 0 aromatic heterocycles. The van der Waals surface area contributed by atoms with E-state index in [9.17, 15) is 55.5 Å². The minimum absolute atomic E-state index is 0.0290. The van der Waals surface area contributed by atoms with Crippen LogP contribution in [-0.2, 0) is 62.0 Å². The number of aliphatic hydroxyl groups excluding tert-OH is 6. The second kappa shape index (κ2) is 34.7. The number of nitrogens with two attached hydrogens (primary N) is 3. The number of carbonyl (C=O) groups excluding carboxylic acids is 8. The average Bonchev–Trinajstić information content (AvgIpc) is 1.30. The van der Waals surface area contributed by atoms with E-state index in [0.717, 1.165) is 68.5 Å². The molecule has 4 aliphatic carbocycles. The van der Waals surface area contributed by atoms with Gasteiger partial charge in [0.05, 0.1) is 48.5 Å². The van der Waals surface area contributed by atoms with Crippen LogP contribution in [0.2, 0.25) is 5.02 Å². The summed E-state index contributed by atoms with van der Waals surface area (Å²) in [5, 5.41) is 128. The predicted molar refractivity (Wildman–Crippen MR) is 422 cm³/mol. The third kappa shape index (κ3) is 17.7. The molecular formula is C83H104ClN11O25. The summed E-state index contributed by atoms with van der Waals surface area (Å²) in [6, 6.07) is 2.59. The number of benzene rings is 5. The van der Waals surface area contributed by atoms with Gasteiger partial charge in [-0.25, -0.2) is 0 Å². The molecule has 8 heterocycles. The molecule has 8 aliphatic heterocycles. The molecular weight excluding hydrogens is 1590 g/mol. The fraction of sp³-hybridized carbons (Fsp3) is 0.542. The van der Waals surface area contributed by atoms with Crippen LogP contribution < -0.4 is 73.9 Å². The Kier molecular flexibility index (Phi) is 25.1. The first-order chi connectivity index (χ1) is 56.8. The third-order valence-corrected chi connectivity index (χ3v) is 24.9. The highest BCUT2D eigenvalue weighted by Crippen LogP contribution is 2.55. The van der Waals surface area contributed by atoms with Crippen molar-refractivity contribution in [2.75, 3.05) is 13.7 Å². The average molecular weight is 1690 g/mol. The van der Waals surface area contributed by atoms with Crippen molar-refractivity contribution in [3.63, 3.8) is 0 Å². The van der Waals surface area contributed by atoms with Gasteiger partial charge in [-0.15, -0.1) is 0 Å². The first-order valence-corrected chi connectivity index (χ1v) is 40.7. The van der Waals surface area contributed by atoms with Crippen molar-refractivity contribution in [2.24, 2.45) is 46.8 Å². The summed E-state index contributed by atoms with van der Waals surface area (Å²) in [6.07, 6.45) is -17.8. The first-order valence-electron chi connectivity index (χ1n) is 40.3. The summed E-state index contributed by atoms with van der Waals surface area (Å²) in [5.41, 5.74) is 14.2. The highest BCUT2D eigenvalue weighted by Gasteiger charge is 2.54. The van der Waals surface area contributed by atoms with Gasteiger partial charge in [0.2, 0.25) is 59.3 Å². The predicted octanol–water partition coefficient (Wildman–Crippen LogP) is 1.55. The van der Waals surface area contributed by atoms with E-state index in [1.165, 1.54) is 76.3 Å². The molecule has 22 atom stereocenters. The molecule has 7 fully saturated rings. The van der Waals surface area contributed by atoms with Crippen LogP contribution in [0.3, 0.4) is 0 Å². The number of carbonyl (C=O) groups is 8. The van der Waals surface area contributed by atoms with Crippen LogP contribution in [0.15, 0.2) is 84.9 Å². The number of primary amides is 1. The van der Waals surface area contributed by atoms with Gasteiger partial charge in [0.25, 0.3) is 0 Å². The van der Waals surface area contributed by atoms with E-state index in [0.29, 0.717) is 11.8 Å². The number of hydrogen-bond acceptors (Lipinski definition) is 28. The molecule has 12 aliphatic rings. The molecule has 4 saturated carbocycles. The largest absolute Gasteiger partial charge is 0.508 e. The van der Waals surface area contributed by atoms with E-state index in [1.807, 2.05) is 13.8 Å². The Hall–Kier alpha value is -9.61. The molecule has 8 amide bonds. The van der Waals surface area contributed by atoms with E-state index < -0.39 is 256 Å². The van der Waals surface area contributed by atoms with E-state index >= 15 is 28.8 Å². The van der Waals surface area contributed by atoms with E-state index in [1.54, 1.807) is 6.92 Å². The van der Waals surface area contributed by atoms with Crippen LogP contribution >= 0.6 is 11.6 Å². The molecule has 17 rings (SSSR count). The van der Waals surface area contributed by atoms with Crippen LogP contribution in [0.4, 0.5) is 0 Å². The van der Waals surface area contributed by atoms with E-state index in [-0.39, 0.29) is 70.2 Å². The van der Waals surface area contributed by atoms with Crippen molar-refractivity contribution in [1.82, 2.24) is 42.5 Å². The summed E-state index contributed by atoms with van der Waals surface area (Å²) in [4.78, 5) is 124. The smallest absolute Gasteiger partial charge is 0.248 e. The monoisotopic (exact) mass is 1690 g/mol. The van der Waals surface area contributed by atoms with Gasteiger partial charge in [-0.3, -0.25) is 38.4 Å². The number of phenols is 3. The first kappa shape index (κ1) is 86.8. The molecule has 23 N–H and O–H groups in total.